The second-order valence-electron chi connectivity index (χ2n) is 5.70. The molecule has 1 aliphatic rings. The quantitative estimate of drug-likeness (QED) is 0.775. The number of hydrogen-bond donors (Lipinski definition) is 1. The van der Waals surface area contributed by atoms with Gasteiger partial charge in [-0.25, -0.2) is 9.50 Å². The van der Waals surface area contributed by atoms with Gasteiger partial charge in [-0.05, 0) is 30.9 Å². The Labute approximate surface area is 143 Å². The zero-order valence-corrected chi connectivity index (χ0v) is 14.1. The lowest BCUT2D eigenvalue weighted by molar-refractivity contribution is 0.0699. The molecule has 0 amide bonds. The molecule has 23 heavy (non-hydrogen) atoms. The van der Waals surface area contributed by atoms with Crippen LogP contribution in [0.4, 0.5) is 5.13 Å². The number of halogens is 1. The smallest absolute Gasteiger partial charge is 0.214 e. The Morgan fingerprint density at radius 2 is 2.04 bits per heavy atom. The first kappa shape index (κ1) is 14.9. The summed E-state index contributed by atoms with van der Waals surface area (Å²) in [4.78, 5) is 5.54. The highest BCUT2D eigenvalue weighted by atomic mass is 35.5. The van der Waals surface area contributed by atoms with Gasteiger partial charge in [-0.15, -0.1) is 5.10 Å². The van der Waals surface area contributed by atoms with Crippen molar-refractivity contribution >= 4 is 33.0 Å². The fraction of sp³-hybridized carbons (Fsp3) is 0.375. The van der Waals surface area contributed by atoms with Crippen molar-refractivity contribution in [2.75, 3.05) is 25.1 Å². The van der Waals surface area contributed by atoms with Crippen molar-refractivity contribution in [3.8, 4) is 11.3 Å². The van der Waals surface area contributed by atoms with Crippen LogP contribution in [0.3, 0.4) is 0 Å². The largest absolute Gasteiger partial charge is 0.381 e. The number of benzene rings is 1. The number of hydrogen-bond acceptors (Lipinski definition) is 5. The number of anilines is 1. The Morgan fingerprint density at radius 1 is 1.26 bits per heavy atom. The van der Waals surface area contributed by atoms with E-state index in [1.54, 1.807) is 11.3 Å². The molecule has 2 aromatic heterocycles. The zero-order valence-electron chi connectivity index (χ0n) is 12.5. The standard InChI is InChI=1S/C16H17ClN4OS/c17-13-3-1-12(2-4-13)14-10-21-16(19-14)23-15(20-21)18-9-11-5-7-22-8-6-11/h1-4,10-11H,5-9H2,(H,18,20). The molecule has 0 saturated carbocycles. The normalized spacial score (nSPS) is 16.0. The minimum atomic E-state index is 0.671. The van der Waals surface area contributed by atoms with Crippen molar-refractivity contribution in [3.05, 3.63) is 35.5 Å². The molecule has 7 heteroatoms. The van der Waals surface area contributed by atoms with Gasteiger partial charge in [0.25, 0.3) is 0 Å². The van der Waals surface area contributed by atoms with Crippen LogP contribution < -0.4 is 5.32 Å². The highest BCUT2D eigenvalue weighted by molar-refractivity contribution is 7.20. The van der Waals surface area contributed by atoms with Crippen LogP contribution in [0, 0.1) is 5.92 Å². The molecule has 1 fully saturated rings. The van der Waals surface area contributed by atoms with Crippen LogP contribution in [0.25, 0.3) is 16.2 Å². The van der Waals surface area contributed by atoms with Gasteiger partial charge >= 0.3 is 0 Å². The maximum Gasteiger partial charge on any atom is 0.214 e. The highest BCUT2D eigenvalue weighted by Crippen LogP contribution is 2.26. The summed E-state index contributed by atoms with van der Waals surface area (Å²) in [6, 6.07) is 7.69. The number of imidazole rings is 1. The monoisotopic (exact) mass is 348 g/mol. The third-order valence-electron chi connectivity index (χ3n) is 4.07. The first-order valence-corrected chi connectivity index (χ1v) is 8.91. The van der Waals surface area contributed by atoms with Gasteiger partial charge in [0.05, 0.1) is 11.9 Å². The van der Waals surface area contributed by atoms with Crippen molar-refractivity contribution in [3.63, 3.8) is 0 Å². The van der Waals surface area contributed by atoms with E-state index >= 15 is 0 Å². The maximum absolute atomic E-state index is 5.92. The van der Waals surface area contributed by atoms with Gasteiger partial charge in [0, 0.05) is 30.3 Å². The molecule has 4 rings (SSSR count). The summed E-state index contributed by atoms with van der Waals surface area (Å²) in [6.07, 6.45) is 4.20. The molecular weight excluding hydrogens is 332 g/mol. The van der Waals surface area contributed by atoms with Crippen LogP contribution in [0.1, 0.15) is 12.8 Å². The van der Waals surface area contributed by atoms with E-state index in [0.717, 1.165) is 59.0 Å². The Balaban J connectivity index is 1.46. The molecule has 0 radical (unpaired) electrons. The molecule has 3 aromatic rings. The Morgan fingerprint density at radius 3 is 2.78 bits per heavy atom. The number of fused-ring (bicyclic) bond motifs is 1. The van der Waals surface area contributed by atoms with Crippen molar-refractivity contribution in [1.29, 1.82) is 0 Å². The molecule has 0 bridgehead atoms. The lowest BCUT2D eigenvalue weighted by Crippen LogP contribution is -2.22. The lowest BCUT2D eigenvalue weighted by Gasteiger charge is -2.21. The maximum atomic E-state index is 5.92. The molecule has 1 N–H and O–H groups in total. The van der Waals surface area contributed by atoms with Crippen LogP contribution in [0.15, 0.2) is 30.5 Å². The van der Waals surface area contributed by atoms with Crippen LogP contribution in [0.5, 0.6) is 0 Å². The Hall–Kier alpha value is -1.63. The van der Waals surface area contributed by atoms with E-state index in [-0.39, 0.29) is 0 Å². The summed E-state index contributed by atoms with van der Waals surface area (Å²) >= 11 is 7.50. The molecule has 0 aliphatic carbocycles. The summed E-state index contributed by atoms with van der Waals surface area (Å²) < 4.78 is 7.22. The highest BCUT2D eigenvalue weighted by Gasteiger charge is 2.15. The average Bonchev–Trinajstić information content (AvgIpc) is 3.13. The van der Waals surface area contributed by atoms with E-state index in [2.05, 4.69) is 15.4 Å². The van der Waals surface area contributed by atoms with Crippen LogP contribution in [0.2, 0.25) is 5.02 Å². The number of nitrogens with one attached hydrogen (secondary N) is 1. The first-order valence-electron chi connectivity index (χ1n) is 7.72. The van der Waals surface area contributed by atoms with Gasteiger partial charge in [0.1, 0.15) is 0 Å². The van der Waals surface area contributed by atoms with E-state index in [1.165, 1.54) is 0 Å². The van der Waals surface area contributed by atoms with Gasteiger partial charge in [0.15, 0.2) is 0 Å². The van der Waals surface area contributed by atoms with Crippen molar-refractivity contribution in [2.24, 2.45) is 5.92 Å². The fourth-order valence-corrected chi connectivity index (χ4v) is 3.63. The van der Waals surface area contributed by atoms with Crippen LogP contribution in [-0.2, 0) is 4.74 Å². The van der Waals surface area contributed by atoms with Crippen molar-refractivity contribution in [2.45, 2.75) is 12.8 Å². The Bertz CT molecular complexity index is 761. The van der Waals surface area contributed by atoms with E-state index in [9.17, 15) is 0 Å². The number of rotatable bonds is 4. The second kappa shape index (κ2) is 6.47. The van der Waals surface area contributed by atoms with Crippen molar-refractivity contribution < 1.29 is 4.74 Å². The van der Waals surface area contributed by atoms with Crippen LogP contribution in [-0.4, -0.2) is 34.4 Å². The summed E-state index contributed by atoms with van der Waals surface area (Å²) in [5.41, 5.74) is 1.96. The fourth-order valence-electron chi connectivity index (χ4n) is 2.71. The van der Waals surface area contributed by atoms with E-state index < -0.39 is 0 Å². The molecule has 0 atom stereocenters. The van der Waals surface area contributed by atoms with Gasteiger partial charge in [-0.1, -0.05) is 35.1 Å². The molecule has 0 spiro atoms. The second-order valence-corrected chi connectivity index (χ2v) is 7.10. The van der Waals surface area contributed by atoms with Gasteiger partial charge in [-0.2, -0.15) is 0 Å². The predicted molar refractivity (Wildman–Crippen MR) is 93.3 cm³/mol. The SMILES string of the molecule is Clc1ccc(-c2cn3nc(NCC4CCOCC4)sc3n2)cc1. The summed E-state index contributed by atoms with van der Waals surface area (Å²) in [7, 11) is 0. The number of ether oxygens (including phenoxy) is 1. The van der Waals surface area contributed by atoms with Gasteiger partial charge in [-0.3, -0.25) is 0 Å². The molecule has 1 aromatic carbocycles. The molecule has 3 heterocycles. The number of nitrogens with zero attached hydrogens (tertiary/aromatic N) is 3. The topological polar surface area (TPSA) is 51.5 Å². The molecular formula is C16H17ClN4OS. The van der Waals surface area contributed by atoms with Gasteiger partial charge in [0.2, 0.25) is 10.1 Å². The Kier molecular flexibility index (Phi) is 4.20. The summed E-state index contributed by atoms with van der Waals surface area (Å²) in [5, 5.41) is 9.64. The first-order chi connectivity index (χ1) is 11.3. The van der Waals surface area contributed by atoms with Crippen molar-refractivity contribution in [1.82, 2.24) is 14.6 Å². The van der Waals surface area contributed by atoms with E-state index in [4.69, 9.17) is 16.3 Å². The minimum absolute atomic E-state index is 0.671. The number of aromatic nitrogens is 3. The lowest BCUT2D eigenvalue weighted by atomic mass is 10.0. The third kappa shape index (κ3) is 3.34. The van der Waals surface area contributed by atoms with E-state index in [0.29, 0.717) is 5.92 Å². The molecule has 120 valence electrons. The van der Waals surface area contributed by atoms with Gasteiger partial charge < -0.3 is 10.1 Å². The summed E-state index contributed by atoms with van der Waals surface area (Å²) in [6.45, 7) is 2.69. The third-order valence-corrected chi connectivity index (χ3v) is 5.20. The molecule has 5 nitrogen and oxygen atoms in total. The predicted octanol–water partition coefficient (Wildman–Crippen LogP) is 3.95. The molecule has 1 saturated heterocycles. The minimum Gasteiger partial charge on any atom is -0.381 e. The summed E-state index contributed by atoms with van der Waals surface area (Å²) in [5.74, 6) is 0.671. The molecule has 0 unspecified atom stereocenters. The van der Waals surface area contributed by atoms with Crippen LogP contribution >= 0.6 is 22.9 Å². The molecule has 1 aliphatic heterocycles. The average molecular weight is 349 g/mol. The zero-order chi connectivity index (χ0) is 15.6. The van der Waals surface area contributed by atoms with E-state index in [1.807, 2.05) is 35.0 Å².